The molecule has 0 radical (unpaired) electrons. The zero-order chi connectivity index (χ0) is 36.5. The predicted octanol–water partition coefficient (Wildman–Crippen LogP) is 3.27. The van der Waals surface area contributed by atoms with Gasteiger partial charge in [-0.15, -0.1) is 0 Å². The third-order valence-corrected chi connectivity index (χ3v) is 9.74. The Labute approximate surface area is 295 Å². The minimum Gasteiger partial charge on any atom is -0.343 e. The molecule has 0 aromatic heterocycles. The minimum atomic E-state index is -1.06. The highest BCUT2D eigenvalue weighted by Gasteiger charge is 2.40. The van der Waals surface area contributed by atoms with Crippen LogP contribution in [-0.4, -0.2) is 89.0 Å². The number of benzene rings is 2. The predicted molar refractivity (Wildman–Crippen MR) is 191 cm³/mol. The SMILES string of the molecule is CC[C@H](C)[C@@H]1NC(=O)[C@@H](C)NC(=O)C(CC(C)C)N(C)C(=O)[C@@H]2CCCCN2C(=O)c2ccccc2NC(=O)C(Cc2ccccc2)NC1=O. The maximum absolute atomic E-state index is 14.3. The quantitative estimate of drug-likeness (QED) is 0.365. The van der Waals surface area contributed by atoms with Crippen LogP contribution < -0.4 is 21.3 Å². The molecule has 2 aromatic rings. The number of hydrogen-bond acceptors (Lipinski definition) is 6. The minimum absolute atomic E-state index is 0.0358. The molecule has 12 nitrogen and oxygen atoms in total. The summed E-state index contributed by atoms with van der Waals surface area (Å²) >= 11 is 0. The third kappa shape index (κ3) is 9.28. The van der Waals surface area contributed by atoms with E-state index in [4.69, 9.17) is 0 Å². The summed E-state index contributed by atoms with van der Waals surface area (Å²) in [6.45, 7) is 9.46. The average Bonchev–Trinajstić information content (AvgIpc) is 3.11. The zero-order valence-corrected chi connectivity index (χ0v) is 30.0. The van der Waals surface area contributed by atoms with Crippen molar-refractivity contribution in [3.63, 3.8) is 0 Å². The Morgan fingerprint density at radius 2 is 1.48 bits per heavy atom. The molecule has 2 unspecified atom stereocenters. The number of nitrogens with zero attached hydrogens (tertiary/aromatic N) is 2. The molecule has 0 saturated carbocycles. The van der Waals surface area contributed by atoms with E-state index in [9.17, 15) is 28.8 Å². The number of carbonyl (C=O) groups excluding carboxylic acids is 6. The first-order valence-electron chi connectivity index (χ1n) is 17.7. The second-order valence-electron chi connectivity index (χ2n) is 14.0. The second-order valence-corrected chi connectivity index (χ2v) is 14.0. The van der Waals surface area contributed by atoms with Gasteiger partial charge in [0.05, 0.1) is 11.3 Å². The van der Waals surface area contributed by atoms with E-state index in [1.54, 1.807) is 31.3 Å². The van der Waals surface area contributed by atoms with Crippen molar-refractivity contribution >= 4 is 41.1 Å². The number of carbonyl (C=O) groups is 6. The lowest BCUT2D eigenvalue weighted by Crippen LogP contribution is -2.60. The van der Waals surface area contributed by atoms with Gasteiger partial charge in [-0.25, -0.2) is 0 Å². The third-order valence-electron chi connectivity index (χ3n) is 9.74. The normalized spacial score (nSPS) is 25.2. The van der Waals surface area contributed by atoms with Crippen LogP contribution in [0.3, 0.4) is 0 Å². The van der Waals surface area contributed by atoms with E-state index < -0.39 is 59.7 Å². The molecule has 2 aliphatic heterocycles. The topological polar surface area (TPSA) is 157 Å². The van der Waals surface area contributed by atoms with Crippen LogP contribution in [0.5, 0.6) is 0 Å². The maximum Gasteiger partial charge on any atom is 0.256 e. The molecule has 0 aliphatic carbocycles. The Bertz CT molecular complexity index is 1550. The van der Waals surface area contributed by atoms with Crippen LogP contribution in [0, 0.1) is 11.8 Å². The monoisotopic (exact) mass is 688 g/mol. The van der Waals surface area contributed by atoms with Crippen LogP contribution in [0.25, 0.3) is 0 Å². The molecule has 270 valence electrons. The molecule has 12 heteroatoms. The van der Waals surface area contributed by atoms with Crippen LogP contribution in [0.15, 0.2) is 54.6 Å². The first-order valence-corrected chi connectivity index (χ1v) is 17.7. The molecule has 0 spiro atoms. The van der Waals surface area contributed by atoms with E-state index in [1.807, 2.05) is 58.0 Å². The molecule has 4 N–H and O–H groups in total. The number of nitrogens with one attached hydrogen (secondary N) is 4. The van der Waals surface area contributed by atoms with Gasteiger partial charge < -0.3 is 31.1 Å². The van der Waals surface area contributed by atoms with Gasteiger partial charge in [-0.05, 0) is 62.1 Å². The lowest BCUT2D eigenvalue weighted by atomic mass is 9.96. The number of fused-ring (bicyclic) bond motifs is 2. The molecule has 2 aromatic carbocycles. The fourth-order valence-corrected chi connectivity index (χ4v) is 6.54. The van der Waals surface area contributed by atoms with Crippen molar-refractivity contribution in [3.8, 4) is 0 Å². The average molecular weight is 689 g/mol. The van der Waals surface area contributed by atoms with Gasteiger partial charge in [0, 0.05) is 20.0 Å². The van der Waals surface area contributed by atoms with Crippen LogP contribution in [-0.2, 0) is 30.4 Å². The van der Waals surface area contributed by atoms with E-state index in [0.29, 0.717) is 32.2 Å². The Morgan fingerprint density at radius 3 is 2.16 bits per heavy atom. The van der Waals surface area contributed by atoms with Crippen molar-refractivity contribution < 1.29 is 28.8 Å². The van der Waals surface area contributed by atoms with Crippen LogP contribution in [0.4, 0.5) is 5.69 Å². The van der Waals surface area contributed by atoms with Crippen molar-refractivity contribution in [1.82, 2.24) is 25.8 Å². The fraction of sp³-hybridized carbons (Fsp3) is 0.526. The summed E-state index contributed by atoms with van der Waals surface area (Å²) in [4.78, 5) is 86.6. The molecule has 4 rings (SSSR count). The fourth-order valence-electron chi connectivity index (χ4n) is 6.54. The number of amides is 6. The first kappa shape index (κ1) is 38.1. The highest BCUT2D eigenvalue weighted by atomic mass is 16.2. The Balaban J connectivity index is 1.80. The van der Waals surface area contributed by atoms with Gasteiger partial charge >= 0.3 is 0 Å². The van der Waals surface area contributed by atoms with Crippen molar-refractivity contribution in [2.24, 2.45) is 11.8 Å². The summed E-state index contributed by atoms with van der Waals surface area (Å²) in [6.07, 6.45) is 2.86. The Hall–Kier alpha value is -4.74. The van der Waals surface area contributed by atoms with Gasteiger partial charge in [0.2, 0.25) is 29.5 Å². The number of piperidine rings is 1. The van der Waals surface area contributed by atoms with Gasteiger partial charge in [0.15, 0.2) is 0 Å². The highest BCUT2D eigenvalue weighted by Crippen LogP contribution is 2.26. The molecule has 1 saturated heterocycles. The van der Waals surface area contributed by atoms with E-state index in [1.165, 1.54) is 16.7 Å². The van der Waals surface area contributed by atoms with E-state index >= 15 is 0 Å². The zero-order valence-electron chi connectivity index (χ0n) is 30.0. The maximum atomic E-state index is 14.3. The first-order chi connectivity index (χ1) is 23.8. The van der Waals surface area contributed by atoms with Crippen molar-refractivity contribution in [1.29, 1.82) is 0 Å². The lowest BCUT2D eigenvalue weighted by molar-refractivity contribution is -0.144. The van der Waals surface area contributed by atoms with Crippen LogP contribution >= 0.6 is 0 Å². The molecule has 6 amide bonds. The van der Waals surface area contributed by atoms with Gasteiger partial charge in [0.1, 0.15) is 30.2 Å². The molecule has 2 aliphatic rings. The smallest absolute Gasteiger partial charge is 0.256 e. The Kier molecular flexibility index (Phi) is 13.1. The summed E-state index contributed by atoms with van der Waals surface area (Å²) in [5.41, 5.74) is 1.25. The molecule has 1 fully saturated rings. The summed E-state index contributed by atoms with van der Waals surface area (Å²) in [7, 11) is 1.56. The van der Waals surface area contributed by atoms with Gasteiger partial charge in [-0.3, -0.25) is 28.8 Å². The number of rotatable bonds is 6. The molecular weight excluding hydrogens is 636 g/mol. The number of hydrogen-bond donors (Lipinski definition) is 4. The lowest BCUT2D eigenvalue weighted by Gasteiger charge is -2.39. The number of likely N-dealkylation sites (N-methyl/N-ethyl adjacent to an activating group) is 1. The van der Waals surface area contributed by atoms with Crippen LogP contribution in [0.1, 0.15) is 82.6 Å². The molecule has 0 bridgehead atoms. The standard InChI is InChI=1S/C38H52N6O6/c1-7-24(4)32-36(48)41-29(22-26-15-9-8-10-16-26)34(46)40-28-18-12-11-17-27(28)37(49)44-20-14-13-19-30(44)38(50)43(6)31(21-23(2)3)35(47)39-25(5)33(45)42-32/h8-12,15-18,23-25,29-32H,7,13-14,19-22H2,1-6H3,(H,39,47)(H,40,46)(H,41,48)(H,42,45)/t24-,25+,29?,30-,31?,32-/m0/s1. The summed E-state index contributed by atoms with van der Waals surface area (Å²) in [5.74, 6) is -3.24. The van der Waals surface area contributed by atoms with E-state index in [2.05, 4.69) is 21.3 Å². The second kappa shape index (κ2) is 17.3. The molecule has 6 atom stereocenters. The van der Waals surface area contributed by atoms with E-state index in [0.717, 1.165) is 12.0 Å². The van der Waals surface area contributed by atoms with Gasteiger partial charge in [-0.1, -0.05) is 76.6 Å². The summed E-state index contributed by atoms with van der Waals surface area (Å²) < 4.78 is 0. The summed E-state index contributed by atoms with van der Waals surface area (Å²) in [5, 5.41) is 11.3. The van der Waals surface area contributed by atoms with Gasteiger partial charge in [0.25, 0.3) is 5.91 Å². The summed E-state index contributed by atoms with van der Waals surface area (Å²) in [6, 6.07) is 11.0. The molecule has 50 heavy (non-hydrogen) atoms. The molecular formula is C38H52N6O6. The van der Waals surface area contributed by atoms with Crippen LogP contribution in [0.2, 0.25) is 0 Å². The Morgan fingerprint density at radius 1 is 0.800 bits per heavy atom. The van der Waals surface area contributed by atoms with Gasteiger partial charge in [-0.2, -0.15) is 0 Å². The van der Waals surface area contributed by atoms with Crippen molar-refractivity contribution in [2.45, 2.75) is 103 Å². The highest BCUT2D eigenvalue weighted by molar-refractivity contribution is 6.07. The van der Waals surface area contributed by atoms with Crippen molar-refractivity contribution in [3.05, 3.63) is 65.7 Å². The van der Waals surface area contributed by atoms with E-state index in [-0.39, 0.29) is 35.4 Å². The molecule has 2 heterocycles. The van der Waals surface area contributed by atoms with Crippen molar-refractivity contribution in [2.75, 3.05) is 18.9 Å². The largest absolute Gasteiger partial charge is 0.343 e. The number of para-hydroxylation sites is 1. The number of anilines is 1.